The van der Waals surface area contributed by atoms with Crippen molar-refractivity contribution < 1.29 is 4.42 Å². The summed E-state index contributed by atoms with van der Waals surface area (Å²) in [7, 11) is 0. The predicted octanol–water partition coefficient (Wildman–Crippen LogP) is 2.45. The van der Waals surface area contributed by atoms with E-state index in [0.717, 1.165) is 30.2 Å². The number of aryl methyl sites for hydroxylation is 1. The van der Waals surface area contributed by atoms with Gasteiger partial charge in [-0.2, -0.15) is 5.10 Å². The minimum atomic E-state index is 0.520. The van der Waals surface area contributed by atoms with E-state index in [-0.39, 0.29) is 0 Å². The molecule has 1 aliphatic rings. The number of hydrogen-bond donors (Lipinski definition) is 2. The van der Waals surface area contributed by atoms with E-state index in [4.69, 9.17) is 4.42 Å². The molecule has 0 spiro atoms. The van der Waals surface area contributed by atoms with Gasteiger partial charge < -0.3 is 9.73 Å². The SMILES string of the molecule is Cc1ccc(-c2cn[nH]c2C2CCCNC2)o1. The third-order valence-corrected chi connectivity index (χ3v) is 3.38. The van der Waals surface area contributed by atoms with Gasteiger partial charge in [-0.25, -0.2) is 0 Å². The lowest BCUT2D eigenvalue weighted by Gasteiger charge is -2.22. The standard InChI is InChI=1S/C13H17N3O/c1-9-4-5-12(17-9)11-8-15-16-13(11)10-3-2-6-14-7-10/h4-5,8,10,14H,2-3,6-7H2,1H3,(H,15,16). The van der Waals surface area contributed by atoms with Gasteiger partial charge in [-0.3, -0.25) is 5.10 Å². The van der Waals surface area contributed by atoms with Crippen molar-refractivity contribution in [3.63, 3.8) is 0 Å². The first-order valence-electron chi connectivity index (χ1n) is 6.15. The molecule has 0 aliphatic carbocycles. The number of rotatable bonds is 2. The fourth-order valence-electron chi connectivity index (χ4n) is 2.48. The maximum absolute atomic E-state index is 5.68. The van der Waals surface area contributed by atoms with Gasteiger partial charge in [0.15, 0.2) is 0 Å². The van der Waals surface area contributed by atoms with Crippen LogP contribution in [0.4, 0.5) is 0 Å². The lowest BCUT2D eigenvalue weighted by Crippen LogP contribution is -2.28. The highest BCUT2D eigenvalue weighted by Crippen LogP contribution is 2.31. The molecule has 1 fully saturated rings. The highest BCUT2D eigenvalue weighted by Gasteiger charge is 2.21. The van der Waals surface area contributed by atoms with Gasteiger partial charge in [-0.05, 0) is 38.4 Å². The van der Waals surface area contributed by atoms with Gasteiger partial charge in [0, 0.05) is 12.5 Å². The Hall–Kier alpha value is -1.55. The zero-order valence-electron chi connectivity index (χ0n) is 9.99. The summed E-state index contributed by atoms with van der Waals surface area (Å²) in [4.78, 5) is 0. The summed E-state index contributed by atoms with van der Waals surface area (Å²) < 4.78 is 5.68. The smallest absolute Gasteiger partial charge is 0.137 e. The van der Waals surface area contributed by atoms with E-state index in [2.05, 4.69) is 15.5 Å². The number of H-pyrrole nitrogens is 1. The summed E-state index contributed by atoms with van der Waals surface area (Å²) in [6.07, 6.45) is 4.30. The Kier molecular flexibility index (Phi) is 2.73. The minimum Gasteiger partial charge on any atom is -0.461 e. The molecule has 90 valence electrons. The zero-order valence-corrected chi connectivity index (χ0v) is 9.99. The van der Waals surface area contributed by atoms with Crippen molar-refractivity contribution in [2.75, 3.05) is 13.1 Å². The van der Waals surface area contributed by atoms with Crippen LogP contribution in [-0.4, -0.2) is 23.3 Å². The van der Waals surface area contributed by atoms with Gasteiger partial charge in [-0.1, -0.05) is 0 Å². The molecule has 0 aromatic carbocycles. The summed E-state index contributed by atoms with van der Waals surface area (Å²) in [5.41, 5.74) is 2.30. The molecule has 2 aromatic rings. The van der Waals surface area contributed by atoms with Gasteiger partial charge in [0.1, 0.15) is 11.5 Å². The van der Waals surface area contributed by atoms with Crippen LogP contribution in [0.2, 0.25) is 0 Å². The fourth-order valence-corrected chi connectivity index (χ4v) is 2.48. The van der Waals surface area contributed by atoms with E-state index in [0.29, 0.717) is 5.92 Å². The van der Waals surface area contributed by atoms with Crippen LogP contribution >= 0.6 is 0 Å². The van der Waals surface area contributed by atoms with E-state index < -0.39 is 0 Å². The van der Waals surface area contributed by atoms with Crippen LogP contribution in [-0.2, 0) is 0 Å². The maximum Gasteiger partial charge on any atom is 0.137 e. The Bertz CT molecular complexity index is 494. The van der Waals surface area contributed by atoms with Crippen LogP contribution < -0.4 is 5.32 Å². The molecule has 4 nitrogen and oxygen atoms in total. The maximum atomic E-state index is 5.68. The molecular formula is C13H17N3O. The lowest BCUT2D eigenvalue weighted by molar-refractivity contribution is 0.453. The molecule has 0 saturated carbocycles. The summed E-state index contributed by atoms with van der Waals surface area (Å²) in [5.74, 6) is 2.37. The second kappa shape index (κ2) is 4.37. The van der Waals surface area contributed by atoms with E-state index in [1.807, 2.05) is 25.3 Å². The molecule has 1 unspecified atom stereocenters. The van der Waals surface area contributed by atoms with Crippen molar-refractivity contribution in [1.82, 2.24) is 15.5 Å². The van der Waals surface area contributed by atoms with Gasteiger partial charge in [-0.15, -0.1) is 0 Å². The van der Waals surface area contributed by atoms with Gasteiger partial charge in [0.05, 0.1) is 17.5 Å². The quantitative estimate of drug-likeness (QED) is 0.834. The monoisotopic (exact) mass is 231 g/mol. The summed E-state index contributed by atoms with van der Waals surface area (Å²) in [6, 6.07) is 4.01. The molecule has 1 atom stereocenters. The summed E-state index contributed by atoms with van der Waals surface area (Å²) >= 11 is 0. The summed E-state index contributed by atoms with van der Waals surface area (Å²) in [5, 5.41) is 10.7. The first kappa shape index (κ1) is 10.6. The number of furan rings is 1. The normalized spacial score (nSPS) is 20.6. The highest BCUT2D eigenvalue weighted by atomic mass is 16.3. The average Bonchev–Trinajstić information content (AvgIpc) is 2.98. The van der Waals surface area contributed by atoms with Crippen LogP contribution in [0.1, 0.15) is 30.2 Å². The molecule has 1 saturated heterocycles. The number of nitrogens with one attached hydrogen (secondary N) is 2. The molecule has 0 bridgehead atoms. The molecular weight excluding hydrogens is 214 g/mol. The Morgan fingerprint density at radius 1 is 1.41 bits per heavy atom. The number of nitrogens with zero attached hydrogens (tertiary/aromatic N) is 1. The number of hydrogen-bond acceptors (Lipinski definition) is 3. The van der Waals surface area contributed by atoms with Crippen molar-refractivity contribution in [3.05, 3.63) is 29.8 Å². The predicted molar refractivity (Wildman–Crippen MR) is 65.9 cm³/mol. The Morgan fingerprint density at radius 3 is 3.06 bits per heavy atom. The van der Waals surface area contributed by atoms with Crippen molar-refractivity contribution >= 4 is 0 Å². The number of aromatic nitrogens is 2. The summed E-state index contributed by atoms with van der Waals surface area (Å²) in [6.45, 7) is 4.11. The van der Waals surface area contributed by atoms with Crippen LogP contribution in [0.25, 0.3) is 11.3 Å². The molecule has 0 amide bonds. The number of aromatic amines is 1. The Balaban J connectivity index is 1.93. The van der Waals surface area contributed by atoms with Crippen LogP contribution in [0.15, 0.2) is 22.7 Å². The van der Waals surface area contributed by atoms with Gasteiger partial charge >= 0.3 is 0 Å². The lowest BCUT2D eigenvalue weighted by atomic mass is 9.93. The van der Waals surface area contributed by atoms with Crippen LogP contribution in [0.5, 0.6) is 0 Å². The molecule has 0 radical (unpaired) electrons. The molecule has 2 N–H and O–H groups in total. The molecule has 2 aromatic heterocycles. The second-order valence-corrected chi connectivity index (χ2v) is 4.65. The van der Waals surface area contributed by atoms with Gasteiger partial charge in [0.2, 0.25) is 0 Å². The third kappa shape index (κ3) is 2.00. The Morgan fingerprint density at radius 2 is 2.35 bits per heavy atom. The van der Waals surface area contributed by atoms with Crippen LogP contribution in [0.3, 0.4) is 0 Å². The second-order valence-electron chi connectivity index (χ2n) is 4.65. The van der Waals surface area contributed by atoms with E-state index >= 15 is 0 Å². The van der Waals surface area contributed by atoms with Crippen molar-refractivity contribution in [2.24, 2.45) is 0 Å². The van der Waals surface area contributed by atoms with E-state index in [1.165, 1.54) is 18.5 Å². The molecule has 3 rings (SSSR count). The minimum absolute atomic E-state index is 0.520. The Labute approximate surface area is 100 Å². The molecule has 4 heteroatoms. The molecule has 17 heavy (non-hydrogen) atoms. The van der Waals surface area contributed by atoms with Crippen LogP contribution in [0, 0.1) is 6.92 Å². The van der Waals surface area contributed by atoms with Crippen molar-refractivity contribution in [3.8, 4) is 11.3 Å². The largest absolute Gasteiger partial charge is 0.461 e. The number of piperidine rings is 1. The van der Waals surface area contributed by atoms with Crippen molar-refractivity contribution in [1.29, 1.82) is 0 Å². The first-order valence-corrected chi connectivity index (χ1v) is 6.15. The van der Waals surface area contributed by atoms with Crippen molar-refractivity contribution in [2.45, 2.75) is 25.7 Å². The zero-order chi connectivity index (χ0) is 11.7. The van der Waals surface area contributed by atoms with E-state index in [1.54, 1.807) is 0 Å². The third-order valence-electron chi connectivity index (χ3n) is 3.38. The molecule has 1 aliphatic heterocycles. The van der Waals surface area contributed by atoms with Gasteiger partial charge in [0.25, 0.3) is 0 Å². The average molecular weight is 231 g/mol. The first-order chi connectivity index (χ1) is 8.34. The fraction of sp³-hybridized carbons (Fsp3) is 0.462. The topological polar surface area (TPSA) is 53.9 Å². The molecule has 3 heterocycles. The van der Waals surface area contributed by atoms with E-state index in [9.17, 15) is 0 Å². The highest BCUT2D eigenvalue weighted by molar-refractivity contribution is 5.60.